The summed E-state index contributed by atoms with van der Waals surface area (Å²) in [6.07, 6.45) is 2.22. The van der Waals surface area contributed by atoms with Crippen LogP contribution in [0.25, 0.3) is 0 Å². The lowest BCUT2D eigenvalue weighted by Crippen LogP contribution is -2.56. The molecule has 0 spiro atoms. The minimum absolute atomic E-state index is 0.0167. The summed E-state index contributed by atoms with van der Waals surface area (Å²) in [5, 5.41) is 4.96. The molecule has 1 N–H and O–H groups in total. The number of Topliss-reactive ketones (excluding diaryl/α,β-unsaturated/α-hetero) is 2. The third-order valence-corrected chi connectivity index (χ3v) is 7.88. The Morgan fingerprint density at radius 3 is 2.44 bits per heavy atom. The van der Waals surface area contributed by atoms with Crippen molar-refractivity contribution in [3.63, 3.8) is 0 Å². The van der Waals surface area contributed by atoms with E-state index in [1.807, 2.05) is 55.5 Å². The smallest absolute Gasteiger partial charge is 0.313 e. The first kappa shape index (κ1) is 28.4. The molecule has 5 nitrogen and oxygen atoms in total. The van der Waals surface area contributed by atoms with Crippen molar-refractivity contribution >= 4 is 40.7 Å². The molecule has 0 aliphatic carbocycles. The number of nitrogens with one attached hydrogen (secondary N) is 1. The Bertz CT molecular complexity index is 1070. The van der Waals surface area contributed by atoms with Crippen LogP contribution in [0.2, 0.25) is 10.0 Å². The van der Waals surface area contributed by atoms with Gasteiger partial charge in [-0.25, -0.2) is 0 Å². The summed E-state index contributed by atoms with van der Waals surface area (Å²) in [4.78, 5) is 37.5. The first-order chi connectivity index (χ1) is 17.1. The van der Waals surface area contributed by atoms with Gasteiger partial charge in [-0.15, -0.1) is 0 Å². The monoisotopic (exact) mass is 531 g/mol. The van der Waals surface area contributed by atoms with Crippen LogP contribution in [-0.4, -0.2) is 36.7 Å². The molecule has 1 heterocycles. The number of ketones is 2. The molecule has 0 bridgehead atoms. The van der Waals surface area contributed by atoms with Crippen molar-refractivity contribution in [3.05, 3.63) is 69.7 Å². The number of esters is 1. The van der Waals surface area contributed by atoms with E-state index in [9.17, 15) is 14.4 Å². The fourth-order valence-electron chi connectivity index (χ4n) is 5.28. The van der Waals surface area contributed by atoms with E-state index in [-0.39, 0.29) is 48.9 Å². The summed E-state index contributed by atoms with van der Waals surface area (Å²) in [5.41, 5.74) is 1.54. The Kier molecular flexibility index (Phi) is 10.1. The number of halogens is 2. The maximum atomic E-state index is 13.1. The zero-order chi connectivity index (χ0) is 26.3. The predicted octanol–water partition coefficient (Wildman–Crippen LogP) is 6.20. The van der Waals surface area contributed by atoms with Gasteiger partial charge in [0.1, 0.15) is 18.0 Å². The van der Waals surface area contributed by atoms with Crippen LogP contribution in [0.1, 0.15) is 63.5 Å². The molecular formula is C29H35Cl2NO4. The van der Waals surface area contributed by atoms with E-state index in [0.29, 0.717) is 23.0 Å². The van der Waals surface area contributed by atoms with E-state index in [1.165, 1.54) is 0 Å². The molecular weight excluding hydrogens is 497 g/mol. The van der Waals surface area contributed by atoms with E-state index in [0.717, 1.165) is 24.0 Å². The second-order valence-electron chi connectivity index (χ2n) is 9.97. The molecule has 0 radical (unpaired) electrons. The minimum Gasteiger partial charge on any atom is -0.466 e. The van der Waals surface area contributed by atoms with Gasteiger partial charge in [0.05, 0.1) is 6.61 Å². The summed E-state index contributed by atoms with van der Waals surface area (Å²) in [7, 11) is 0. The Labute approximate surface area is 223 Å². The molecule has 194 valence electrons. The molecule has 4 atom stereocenters. The van der Waals surface area contributed by atoms with Crippen LogP contribution in [0, 0.1) is 11.3 Å². The van der Waals surface area contributed by atoms with Gasteiger partial charge in [0.2, 0.25) is 0 Å². The van der Waals surface area contributed by atoms with Gasteiger partial charge in [0, 0.05) is 33.8 Å². The maximum absolute atomic E-state index is 13.1. The molecule has 7 heteroatoms. The molecule has 36 heavy (non-hydrogen) atoms. The lowest BCUT2D eigenvalue weighted by Gasteiger charge is -2.46. The minimum atomic E-state index is -0.632. The van der Waals surface area contributed by atoms with E-state index in [2.05, 4.69) is 5.32 Å². The van der Waals surface area contributed by atoms with Gasteiger partial charge >= 0.3 is 5.97 Å². The molecule has 0 saturated carbocycles. The van der Waals surface area contributed by atoms with Crippen LogP contribution in [-0.2, 0) is 25.5 Å². The molecule has 1 aliphatic heterocycles. The second-order valence-corrected chi connectivity index (χ2v) is 10.8. The summed E-state index contributed by atoms with van der Waals surface area (Å²) < 4.78 is 4.93. The molecule has 0 aromatic heterocycles. The fourth-order valence-corrected chi connectivity index (χ4v) is 5.60. The summed E-state index contributed by atoms with van der Waals surface area (Å²) in [6, 6.07) is 15.3. The van der Waals surface area contributed by atoms with Crippen LogP contribution in [0.5, 0.6) is 0 Å². The van der Waals surface area contributed by atoms with Crippen molar-refractivity contribution in [2.45, 2.75) is 64.8 Å². The lowest BCUT2D eigenvalue weighted by atomic mass is 9.64. The normalized spacial score (nSPS) is 21.4. The predicted molar refractivity (Wildman–Crippen MR) is 144 cm³/mol. The Balaban J connectivity index is 1.83. The molecule has 1 aliphatic rings. The average Bonchev–Trinajstić information content (AvgIpc) is 2.83. The van der Waals surface area contributed by atoms with E-state index >= 15 is 0 Å². The Morgan fingerprint density at radius 1 is 1.08 bits per heavy atom. The van der Waals surface area contributed by atoms with Gasteiger partial charge in [-0.1, -0.05) is 54.4 Å². The largest absolute Gasteiger partial charge is 0.466 e. The third-order valence-electron chi connectivity index (χ3n) is 7.39. The number of ether oxygens (including phenoxy) is 1. The van der Waals surface area contributed by atoms with E-state index in [1.54, 1.807) is 13.8 Å². The summed E-state index contributed by atoms with van der Waals surface area (Å²) in [5.74, 6) is -0.461. The van der Waals surface area contributed by atoms with Crippen LogP contribution in [0.3, 0.4) is 0 Å². The number of hydrogen-bond acceptors (Lipinski definition) is 5. The highest BCUT2D eigenvalue weighted by Gasteiger charge is 2.46. The van der Waals surface area contributed by atoms with Gasteiger partial charge in [0.25, 0.3) is 0 Å². The number of rotatable bonds is 11. The number of benzene rings is 2. The molecule has 1 unspecified atom stereocenters. The standard InChI is InChI=1S/C29H35Cl2NO4/c1-4-36-27(35)17-25(34)14-21-15-26(22-6-5-7-24(31)16-22)28(32-18-21)29(3,19(2)33)13-12-20-8-10-23(30)11-9-20/h5-11,16,21,26,28,32H,4,12-15,17-18H2,1-3H3/t21-,26+,28-,29?/m0/s1. The molecule has 3 rings (SSSR count). The molecule has 2 aromatic rings. The van der Waals surface area contributed by atoms with Gasteiger partial charge in [-0.2, -0.15) is 0 Å². The van der Waals surface area contributed by atoms with Gasteiger partial charge in [0.15, 0.2) is 0 Å². The fraction of sp³-hybridized carbons (Fsp3) is 0.483. The van der Waals surface area contributed by atoms with Crippen LogP contribution in [0.4, 0.5) is 0 Å². The van der Waals surface area contributed by atoms with Crippen LogP contribution in [0.15, 0.2) is 48.5 Å². The van der Waals surface area contributed by atoms with Crippen LogP contribution >= 0.6 is 23.2 Å². The first-order valence-electron chi connectivity index (χ1n) is 12.5. The first-order valence-corrected chi connectivity index (χ1v) is 13.3. The zero-order valence-corrected chi connectivity index (χ0v) is 22.7. The van der Waals surface area contributed by atoms with Crippen molar-refractivity contribution < 1.29 is 19.1 Å². The van der Waals surface area contributed by atoms with Crippen molar-refractivity contribution in [1.29, 1.82) is 0 Å². The highest BCUT2D eigenvalue weighted by molar-refractivity contribution is 6.30. The lowest BCUT2D eigenvalue weighted by molar-refractivity contribution is -0.145. The molecule has 1 fully saturated rings. The average molecular weight is 533 g/mol. The molecule has 2 aromatic carbocycles. The topological polar surface area (TPSA) is 72.5 Å². The van der Waals surface area contributed by atoms with Crippen molar-refractivity contribution in [3.8, 4) is 0 Å². The number of piperidine rings is 1. The van der Waals surface area contributed by atoms with E-state index in [4.69, 9.17) is 27.9 Å². The number of carbonyl (C=O) groups is 3. The van der Waals surface area contributed by atoms with Gasteiger partial charge < -0.3 is 10.1 Å². The number of hydrogen-bond donors (Lipinski definition) is 1. The van der Waals surface area contributed by atoms with Crippen molar-refractivity contribution in [2.75, 3.05) is 13.2 Å². The summed E-state index contributed by atoms with van der Waals surface area (Å²) >= 11 is 12.4. The Morgan fingerprint density at radius 2 is 1.81 bits per heavy atom. The van der Waals surface area contributed by atoms with Crippen molar-refractivity contribution in [2.24, 2.45) is 11.3 Å². The zero-order valence-electron chi connectivity index (χ0n) is 21.2. The Hall–Kier alpha value is -2.21. The summed E-state index contributed by atoms with van der Waals surface area (Å²) in [6.45, 7) is 6.28. The molecule has 0 amide bonds. The highest BCUT2D eigenvalue weighted by Crippen LogP contribution is 2.43. The van der Waals surface area contributed by atoms with E-state index < -0.39 is 11.4 Å². The maximum Gasteiger partial charge on any atom is 0.313 e. The molecule has 1 saturated heterocycles. The van der Waals surface area contributed by atoms with Gasteiger partial charge in [-0.05, 0) is 81.0 Å². The highest BCUT2D eigenvalue weighted by atomic mass is 35.5. The van der Waals surface area contributed by atoms with Crippen LogP contribution < -0.4 is 5.32 Å². The number of carbonyl (C=O) groups excluding carboxylic acids is 3. The van der Waals surface area contributed by atoms with Crippen molar-refractivity contribution in [1.82, 2.24) is 5.32 Å². The quantitative estimate of drug-likeness (QED) is 0.276. The SMILES string of the molecule is CCOC(=O)CC(=O)C[C@@H]1CN[C@H](C(C)(CCc2ccc(Cl)cc2)C(C)=O)[C@@H](c2cccc(Cl)c2)C1. The van der Waals surface area contributed by atoms with Gasteiger partial charge in [-0.3, -0.25) is 14.4 Å². The number of aryl methyl sites for hydroxylation is 1. The second kappa shape index (κ2) is 12.8. The third kappa shape index (κ3) is 7.41.